The van der Waals surface area contributed by atoms with E-state index < -0.39 is 200 Å². The highest BCUT2D eigenvalue weighted by Crippen LogP contribution is 2.19. The summed E-state index contributed by atoms with van der Waals surface area (Å²) in [6.45, 7) is 7.03. The number of primary amides is 1. The SMILES string of the molecule is CC(C)C[C@H](NC(=O)[C@H](Cc1ccc(O)cc1)NC(=O)[C@H](CC(=O)O)NC(=O)[C@H](CC(N)=O)NC(=O)[C@H](CC(=O)O)NC(=O)[C@H](Cc1ccc(O)cc1)NC(=O)[C@H](Cc1ccc(O)cc1)NC(=O)[C@H](CC(C)C)NC(=O)[C@H](Cc1ccc(O)cc1)NC(=O)[C@H](CCCCN)NC(=O)[C@@H](N)CS)C(=O)N[C@@H](CS)C(=O)O. The first-order valence-corrected chi connectivity index (χ1v) is 36.2. The van der Waals surface area contributed by atoms with Crippen LogP contribution in [0.3, 0.4) is 0 Å². The molecule has 110 heavy (non-hydrogen) atoms. The molecule has 0 spiro atoms. The van der Waals surface area contributed by atoms with Gasteiger partial charge in [0.05, 0.1) is 25.3 Å². The summed E-state index contributed by atoms with van der Waals surface area (Å²) < 4.78 is 0. The predicted molar refractivity (Wildman–Crippen MR) is 402 cm³/mol. The van der Waals surface area contributed by atoms with E-state index >= 15 is 4.79 Å². The summed E-state index contributed by atoms with van der Waals surface area (Å²) in [5.41, 5.74) is 18.3. The second-order valence-electron chi connectivity index (χ2n) is 26.9. The number of phenols is 4. The molecule has 0 fully saturated rings. The number of phenolic OH excluding ortho intramolecular Hbond substituents is 4. The van der Waals surface area contributed by atoms with E-state index in [0.717, 1.165) is 0 Å². The van der Waals surface area contributed by atoms with Gasteiger partial charge in [-0.25, -0.2) is 4.79 Å². The van der Waals surface area contributed by atoms with Crippen LogP contribution >= 0.6 is 25.3 Å². The van der Waals surface area contributed by atoms with E-state index in [2.05, 4.69) is 83.7 Å². The fourth-order valence-electron chi connectivity index (χ4n) is 10.9. The van der Waals surface area contributed by atoms with Gasteiger partial charge >= 0.3 is 17.9 Å². The Hall–Kier alpha value is -11.2. The first-order chi connectivity index (χ1) is 51.9. The lowest BCUT2D eigenvalue weighted by molar-refractivity contribution is -0.142. The van der Waals surface area contributed by atoms with Crippen LogP contribution in [0.15, 0.2) is 97.1 Å². The molecule has 12 amide bonds. The number of hydrogen-bond acceptors (Lipinski definition) is 23. The minimum Gasteiger partial charge on any atom is -0.508 e. The number of nitrogens with two attached hydrogens (primary N) is 3. The van der Waals surface area contributed by atoms with Gasteiger partial charge in [-0.1, -0.05) is 76.2 Å². The molecule has 600 valence electrons. The zero-order chi connectivity index (χ0) is 82.1. The molecule has 0 radical (unpaired) electrons. The van der Waals surface area contributed by atoms with E-state index in [4.69, 9.17) is 17.2 Å². The maximum absolute atomic E-state index is 15.0. The van der Waals surface area contributed by atoms with Gasteiger partial charge in [-0.05, 0) is 121 Å². The van der Waals surface area contributed by atoms with E-state index in [0.29, 0.717) is 24.0 Å². The van der Waals surface area contributed by atoms with Crippen LogP contribution in [0.1, 0.15) is 101 Å². The summed E-state index contributed by atoms with van der Waals surface area (Å²) in [5.74, 6) is -20.6. The first kappa shape index (κ1) is 91.1. The molecule has 0 saturated heterocycles. The fraction of sp³-hybridized carbons (Fsp3) is 0.458. The van der Waals surface area contributed by atoms with Crippen molar-refractivity contribution in [2.24, 2.45) is 29.0 Å². The number of thiol groups is 2. The van der Waals surface area contributed by atoms with Crippen molar-refractivity contribution in [3.63, 3.8) is 0 Å². The van der Waals surface area contributed by atoms with Crippen LogP contribution in [0.25, 0.3) is 0 Å². The normalized spacial score (nSPS) is 14.4. The van der Waals surface area contributed by atoms with Crippen molar-refractivity contribution in [1.82, 2.24) is 58.5 Å². The van der Waals surface area contributed by atoms with Crippen LogP contribution in [0.5, 0.6) is 23.0 Å². The molecule has 4 rings (SSSR count). The van der Waals surface area contributed by atoms with Crippen LogP contribution in [-0.4, -0.2) is 215 Å². The molecule has 0 heterocycles. The van der Waals surface area contributed by atoms with Crippen LogP contribution < -0.4 is 75.7 Å². The van der Waals surface area contributed by atoms with Gasteiger partial charge in [0.15, 0.2) is 0 Å². The van der Waals surface area contributed by atoms with Crippen molar-refractivity contribution in [3.8, 4) is 23.0 Å². The second kappa shape index (κ2) is 45.5. The molecule has 0 aromatic heterocycles. The Morgan fingerprint density at radius 3 is 0.836 bits per heavy atom. The Kier molecular flexibility index (Phi) is 37.7. The summed E-state index contributed by atoms with van der Waals surface area (Å²) in [7, 11) is 0. The average molecular weight is 1580 g/mol. The van der Waals surface area contributed by atoms with Gasteiger partial charge in [0, 0.05) is 37.2 Å². The van der Waals surface area contributed by atoms with Crippen LogP contribution in [0.2, 0.25) is 0 Å². The monoisotopic (exact) mass is 1570 g/mol. The molecule has 24 N–H and O–H groups in total. The molecule has 38 heteroatoms. The minimum atomic E-state index is -2.25. The third kappa shape index (κ3) is 32.3. The highest BCUT2D eigenvalue weighted by atomic mass is 32.1. The lowest BCUT2D eigenvalue weighted by Gasteiger charge is -2.29. The Labute approximate surface area is 643 Å². The molecule has 0 saturated carbocycles. The van der Waals surface area contributed by atoms with E-state index in [1.807, 2.05) is 0 Å². The summed E-state index contributed by atoms with van der Waals surface area (Å²) in [4.78, 5) is 207. The number of carbonyl (C=O) groups excluding carboxylic acids is 12. The Morgan fingerprint density at radius 2 is 0.582 bits per heavy atom. The van der Waals surface area contributed by atoms with Gasteiger partial charge in [-0.15, -0.1) is 0 Å². The third-order valence-corrected chi connectivity index (χ3v) is 17.4. The number of carboxylic acid groups (broad SMARTS) is 3. The second-order valence-corrected chi connectivity index (χ2v) is 27.6. The smallest absolute Gasteiger partial charge is 0.327 e. The van der Waals surface area contributed by atoms with Crippen molar-refractivity contribution in [2.75, 3.05) is 18.1 Å². The molecule has 0 unspecified atom stereocenters. The molecule has 36 nitrogen and oxygen atoms in total. The number of unbranched alkanes of at least 4 members (excludes halogenated alkanes) is 1. The molecule has 0 bridgehead atoms. The molecule has 12 atom stereocenters. The summed E-state index contributed by atoms with van der Waals surface area (Å²) in [6, 6.07) is 0.925. The van der Waals surface area contributed by atoms with Gasteiger partial charge in [0.25, 0.3) is 0 Å². The summed E-state index contributed by atoms with van der Waals surface area (Å²) in [6.07, 6.45) is -4.62. The highest BCUT2D eigenvalue weighted by molar-refractivity contribution is 7.80. The fourth-order valence-corrected chi connectivity index (χ4v) is 11.3. The largest absolute Gasteiger partial charge is 0.508 e. The van der Waals surface area contributed by atoms with Crippen LogP contribution in [-0.2, 0) is 97.6 Å². The molecule has 4 aromatic rings. The number of hydrogen-bond donors (Lipinski definition) is 23. The quantitative estimate of drug-likeness (QED) is 0.0160. The van der Waals surface area contributed by atoms with Gasteiger partial charge in [0.2, 0.25) is 70.9 Å². The standard InChI is InChI=1S/C72H98N14O22S2/c1-36(2)25-48(77-65(100)50(27-38-8-16-42(87)17-9-38)79-62(97)47(7-5-6-24-73)76-61(96)46(74)34-109)63(98)80-52(29-40-12-20-44(89)21-13-40)67(102)81-53(30-41-14-22-45(90)23-15-41)68(103)84-56(33-60(94)95)71(106)83-54(31-58(75)91)69(104)85-55(32-59(92)93)70(105)82-51(28-39-10-18-43(88)19-11-39)66(101)78-49(26-37(3)4)64(99)86-57(35-110)72(107)108/h8-23,36-37,46-57,87-90,109-110H,5-7,24-35,73-74H2,1-4H3,(H2,75,91)(H,76,96)(H,77,100)(H,78,101)(H,79,97)(H,80,98)(H,81,102)(H,82,105)(H,83,106)(H,84,103)(H,85,104)(H,86,99)(H,92,93)(H,94,95)(H,107,108)/t46-,47-,48-,49-,50-,51-,52-,53-,54-,55-,56-,57-/m0/s1. The Balaban J connectivity index is 1.72. The van der Waals surface area contributed by atoms with Gasteiger partial charge in [-0.2, -0.15) is 25.3 Å². The van der Waals surface area contributed by atoms with E-state index in [1.165, 1.54) is 97.1 Å². The topological polar surface area (TPSA) is 608 Å². The van der Waals surface area contributed by atoms with E-state index in [-0.39, 0.29) is 89.7 Å². The predicted octanol–water partition coefficient (Wildman–Crippen LogP) is -2.57. The summed E-state index contributed by atoms with van der Waals surface area (Å²) in [5, 5.41) is 96.8. The molecular weight excluding hydrogens is 1480 g/mol. The number of aromatic hydroxyl groups is 4. The molecule has 4 aromatic carbocycles. The first-order valence-electron chi connectivity index (χ1n) is 35.0. The van der Waals surface area contributed by atoms with Crippen molar-refractivity contribution in [1.29, 1.82) is 0 Å². The maximum Gasteiger partial charge on any atom is 0.327 e. The number of carbonyl (C=O) groups is 15. The molecule has 0 aliphatic heterocycles. The van der Waals surface area contributed by atoms with Gasteiger partial charge < -0.3 is 111 Å². The zero-order valence-electron chi connectivity index (χ0n) is 60.8. The van der Waals surface area contributed by atoms with E-state index in [1.54, 1.807) is 27.7 Å². The summed E-state index contributed by atoms with van der Waals surface area (Å²) >= 11 is 8.05. The third-order valence-electron chi connectivity index (χ3n) is 16.7. The van der Waals surface area contributed by atoms with Gasteiger partial charge in [0.1, 0.15) is 89.5 Å². The lowest BCUT2D eigenvalue weighted by atomic mass is 9.99. The molecule has 0 aliphatic carbocycles. The molecular formula is C72H98N14O22S2. The number of rotatable bonds is 47. The number of aliphatic carboxylic acids is 3. The zero-order valence-corrected chi connectivity index (χ0v) is 62.6. The number of benzene rings is 4. The minimum absolute atomic E-state index is 0.0656. The van der Waals surface area contributed by atoms with E-state index in [9.17, 15) is 103 Å². The number of carboxylic acids is 3. The Bertz CT molecular complexity index is 3840. The van der Waals surface area contributed by atoms with Crippen molar-refractivity contribution < 1.29 is 108 Å². The van der Waals surface area contributed by atoms with Crippen molar-refractivity contribution in [3.05, 3.63) is 119 Å². The van der Waals surface area contributed by atoms with Crippen molar-refractivity contribution >= 4 is 114 Å². The highest BCUT2D eigenvalue weighted by Gasteiger charge is 2.39. The van der Waals surface area contributed by atoms with Crippen LogP contribution in [0.4, 0.5) is 0 Å². The number of nitrogens with one attached hydrogen (secondary N) is 11. The maximum atomic E-state index is 15.0. The lowest BCUT2D eigenvalue weighted by Crippen LogP contribution is -2.62. The van der Waals surface area contributed by atoms with Crippen LogP contribution in [0, 0.1) is 11.8 Å². The Morgan fingerprint density at radius 1 is 0.336 bits per heavy atom. The van der Waals surface area contributed by atoms with Crippen molar-refractivity contribution in [2.45, 2.75) is 177 Å². The average Bonchev–Trinajstić information content (AvgIpc) is 0.843. The molecule has 0 aliphatic rings. The van der Waals surface area contributed by atoms with Gasteiger partial charge in [-0.3, -0.25) is 67.1 Å². The number of amides is 12.